The Hall–Kier alpha value is -6.00. The third-order valence-electron chi connectivity index (χ3n) is 9.49. The number of hydrogen-bond acceptors (Lipinski definition) is 4. The summed E-state index contributed by atoms with van der Waals surface area (Å²) < 4.78 is 12.1. The van der Waals surface area contributed by atoms with Crippen LogP contribution in [0.1, 0.15) is 33.4 Å². The molecule has 4 heteroatoms. The standard InChI is InChI=1S/C43H29NO3/c45-39(46-27-29-12-2-1-3-13-29)26-28-22-24-30(25-23-28)41-32-15-5-4-14-31(32)40-42(44-41)33-16-6-7-17-34(33)43(40)35-18-8-10-20-37(35)47-38-21-11-9-19-36(38)43/h1-25H,26-27H2. The van der Waals surface area contributed by atoms with E-state index in [0.717, 1.165) is 67.0 Å². The van der Waals surface area contributed by atoms with Crippen molar-refractivity contribution in [2.45, 2.75) is 18.4 Å². The van der Waals surface area contributed by atoms with E-state index in [4.69, 9.17) is 14.5 Å². The smallest absolute Gasteiger partial charge is 0.310 e. The van der Waals surface area contributed by atoms with Gasteiger partial charge in [-0.2, -0.15) is 0 Å². The molecule has 2 aliphatic rings. The zero-order chi connectivity index (χ0) is 31.4. The van der Waals surface area contributed by atoms with Gasteiger partial charge in [0.15, 0.2) is 0 Å². The third kappa shape index (κ3) is 4.22. The summed E-state index contributed by atoms with van der Waals surface area (Å²) in [7, 11) is 0. The van der Waals surface area contributed by atoms with Crippen molar-refractivity contribution in [3.63, 3.8) is 0 Å². The Morgan fingerprint density at radius 1 is 0.574 bits per heavy atom. The van der Waals surface area contributed by atoms with Crippen molar-refractivity contribution < 1.29 is 14.3 Å². The summed E-state index contributed by atoms with van der Waals surface area (Å²) in [5.41, 5.74) is 9.92. The van der Waals surface area contributed by atoms with Crippen LogP contribution in [0, 0.1) is 0 Å². The van der Waals surface area contributed by atoms with Crippen molar-refractivity contribution >= 4 is 16.7 Å². The van der Waals surface area contributed by atoms with Gasteiger partial charge < -0.3 is 9.47 Å². The number of carbonyl (C=O) groups excluding carboxylic acids is 1. The number of benzene rings is 6. The average molecular weight is 608 g/mol. The van der Waals surface area contributed by atoms with Crippen molar-refractivity contribution in [3.8, 4) is 34.0 Å². The Bertz CT molecular complexity index is 2280. The highest BCUT2D eigenvalue weighted by atomic mass is 16.5. The highest BCUT2D eigenvalue weighted by molar-refractivity contribution is 6.05. The normalized spacial score (nSPS) is 13.3. The van der Waals surface area contributed by atoms with E-state index in [1.54, 1.807) is 0 Å². The summed E-state index contributed by atoms with van der Waals surface area (Å²) in [5, 5.41) is 2.23. The number of hydrogen-bond donors (Lipinski definition) is 0. The van der Waals surface area contributed by atoms with Crippen LogP contribution >= 0.6 is 0 Å². The molecule has 0 N–H and O–H groups in total. The molecule has 0 saturated carbocycles. The molecule has 1 aromatic heterocycles. The van der Waals surface area contributed by atoms with Crippen LogP contribution in [-0.4, -0.2) is 11.0 Å². The minimum atomic E-state index is -0.591. The molecule has 0 amide bonds. The molecule has 224 valence electrons. The van der Waals surface area contributed by atoms with Gasteiger partial charge in [0.1, 0.15) is 18.1 Å². The molecule has 0 saturated heterocycles. The van der Waals surface area contributed by atoms with Gasteiger partial charge in [-0.15, -0.1) is 0 Å². The van der Waals surface area contributed by atoms with E-state index in [0.29, 0.717) is 0 Å². The molecule has 0 fully saturated rings. The first-order valence-electron chi connectivity index (χ1n) is 15.9. The number of fused-ring (bicyclic) bond motifs is 11. The first-order valence-corrected chi connectivity index (χ1v) is 15.9. The molecule has 9 rings (SSSR count). The summed E-state index contributed by atoms with van der Waals surface area (Å²) in [4.78, 5) is 18.1. The molecule has 1 aliphatic heterocycles. The molecule has 1 aliphatic carbocycles. The van der Waals surface area contributed by atoms with Crippen molar-refractivity contribution in [1.82, 2.24) is 4.98 Å². The maximum atomic E-state index is 12.6. The maximum absolute atomic E-state index is 12.6. The second kappa shape index (κ2) is 10.8. The number of rotatable bonds is 5. The fraction of sp³-hybridized carbons (Fsp3) is 0.0698. The molecule has 4 nitrogen and oxygen atoms in total. The maximum Gasteiger partial charge on any atom is 0.310 e. The molecular weight excluding hydrogens is 578 g/mol. The third-order valence-corrected chi connectivity index (χ3v) is 9.49. The van der Waals surface area contributed by atoms with E-state index < -0.39 is 5.41 Å². The van der Waals surface area contributed by atoms with Crippen LogP contribution in [0.15, 0.2) is 152 Å². The number of carbonyl (C=O) groups is 1. The molecule has 6 aromatic carbocycles. The molecule has 47 heavy (non-hydrogen) atoms. The van der Waals surface area contributed by atoms with Crippen molar-refractivity contribution in [2.75, 3.05) is 0 Å². The van der Waals surface area contributed by atoms with Gasteiger partial charge in [0, 0.05) is 33.2 Å². The number of aromatic nitrogens is 1. The predicted molar refractivity (Wildman–Crippen MR) is 184 cm³/mol. The topological polar surface area (TPSA) is 48.4 Å². The highest BCUT2D eigenvalue weighted by Gasteiger charge is 2.52. The van der Waals surface area contributed by atoms with Crippen LogP contribution in [0.2, 0.25) is 0 Å². The summed E-state index contributed by atoms with van der Waals surface area (Å²) in [6.07, 6.45) is 0.211. The Balaban J connectivity index is 1.18. The average Bonchev–Trinajstić information content (AvgIpc) is 3.42. The summed E-state index contributed by atoms with van der Waals surface area (Å²) in [6.45, 7) is 0.271. The van der Waals surface area contributed by atoms with Crippen LogP contribution in [0.3, 0.4) is 0 Å². The Kier molecular flexibility index (Phi) is 6.29. The van der Waals surface area contributed by atoms with Gasteiger partial charge in [-0.3, -0.25) is 4.79 Å². The number of nitrogens with zero attached hydrogens (tertiary/aromatic N) is 1. The van der Waals surface area contributed by atoms with Crippen molar-refractivity contribution in [2.24, 2.45) is 0 Å². The van der Waals surface area contributed by atoms with Gasteiger partial charge in [-0.25, -0.2) is 4.98 Å². The minimum Gasteiger partial charge on any atom is -0.461 e. The van der Waals surface area contributed by atoms with Crippen LogP contribution in [0.4, 0.5) is 0 Å². The summed E-state index contributed by atoms with van der Waals surface area (Å²) in [6, 6.07) is 51.9. The van der Waals surface area contributed by atoms with Crippen LogP contribution in [0.5, 0.6) is 11.5 Å². The van der Waals surface area contributed by atoms with Gasteiger partial charge in [0.2, 0.25) is 0 Å². The van der Waals surface area contributed by atoms with Gasteiger partial charge in [0.25, 0.3) is 0 Å². The quantitative estimate of drug-likeness (QED) is 0.183. The lowest BCUT2D eigenvalue weighted by Gasteiger charge is -2.39. The fourth-order valence-electron chi connectivity index (χ4n) is 7.50. The highest BCUT2D eigenvalue weighted by Crippen LogP contribution is 2.63. The zero-order valence-corrected chi connectivity index (χ0v) is 25.5. The van der Waals surface area contributed by atoms with E-state index in [1.807, 2.05) is 54.6 Å². The molecule has 0 radical (unpaired) electrons. The first-order chi connectivity index (χ1) is 23.2. The van der Waals surface area contributed by atoms with E-state index in [1.165, 1.54) is 11.1 Å². The Morgan fingerprint density at radius 2 is 1.17 bits per heavy atom. The second-order valence-electron chi connectivity index (χ2n) is 12.1. The van der Waals surface area contributed by atoms with E-state index in [2.05, 4.69) is 97.1 Å². The van der Waals surface area contributed by atoms with Gasteiger partial charge in [-0.1, -0.05) is 140 Å². The lowest BCUT2D eigenvalue weighted by Crippen LogP contribution is -2.32. The van der Waals surface area contributed by atoms with Crippen molar-refractivity contribution in [1.29, 1.82) is 0 Å². The molecule has 0 bridgehead atoms. The van der Waals surface area contributed by atoms with Gasteiger partial charge in [0.05, 0.1) is 23.2 Å². The van der Waals surface area contributed by atoms with Gasteiger partial charge >= 0.3 is 5.97 Å². The van der Waals surface area contributed by atoms with Crippen molar-refractivity contribution in [3.05, 3.63) is 185 Å². The fourth-order valence-corrected chi connectivity index (χ4v) is 7.50. The number of para-hydroxylation sites is 2. The monoisotopic (exact) mass is 607 g/mol. The number of pyridine rings is 1. The predicted octanol–water partition coefficient (Wildman–Crippen LogP) is 9.66. The van der Waals surface area contributed by atoms with Crippen LogP contribution < -0.4 is 4.74 Å². The second-order valence-corrected chi connectivity index (χ2v) is 12.1. The first kappa shape index (κ1) is 27.3. The van der Waals surface area contributed by atoms with E-state index in [9.17, 15) is 4.79 Å². The number of ether oxygens (including phenoxy) is 2. The van der Waals surface area contributed by atoms with Gasteiger partial charge in [-0.05, 0) is 34.2 Å². The zero-order valence-electron chi connectivity index (χ0n) is 25.5. The molecule has 1 spiro atoms. The molecule has 7 aromatic rings. The Morgan fingerprint density at radius 3 is 1.89 bits per heavy atom. The van der Waals surface area contributed by atoms with E-state index >= 15 is 0 Å². The minimum absolute atomic E-state index is 0.211. The SMILES string of the molecule is O=C(Cc1ccc(-c2nc3c(c4ccccc24)C2(c4ccccc4Oc4ccccc42)c2ccccc2-3)cc1)OCc1ccccc1. The van der Waals surface area contributed by atoms with Crippen LogP contribution in [0.25, 0.3) is 33.3 Å². The largest absolute Gasteiger partial charge is 0.461 e. The number of esters is 1. The summed E-state index contributed by atoms with van der Waals surface area (Å²) >= 11 is 0. The van der Waals surface area contributed by atoms with Crippen LogP contribution in [-0.2, 0) is 28.0 Å². The van der Waals surface area contributed by atoms with E-state index in [-0.39, 0.29) is 19.0 Å². The lowest BCUT2D eigenvalue weighted by molar-refractivity contribution is -0.144. The lowest BCUT2D eigenvalue weighted by atomic mass is 9.65. The molecule has 0 atom stereocenters. The Labute approximate surface area is 272 Å². The summed E-state index contributed by atoms with van der Waals surface area (Å²) in [5.74, 6) is 1.47. The molecule has 0 unspecified atom stereocenters. The molecular formula is C43H29NO3. The molecule has 2 heterocycles.